The van der Waals surface area contributed by atoms with E-state index in [1.807, 2.05) is 0 Å². The monoisotopic (exact) mass is 346 g/mol. The summed E-state index contributed by atoms with van der Waals surface area (Å²) >= 11 is 0. The van der Waals surface area contributed by atoms with Gasteiger partial charge in [-0.05, 0) is 18.6 Å². The molecule has 1 amide bonds. The van der Waals surface area contributed by atoms with Crippen molar-refractivity contribution < 1.29 is 28.4 Å². The lowest BCUT2D eigenvalue weighted by molar-refractivity contribution is 0.0943. The van der Waals surface area contributed by atoms with Crippen LogP contribution in [0, 0.1) is 0 Å². The molecule has 2 N–H and O–H groups in total. The van der Waals surface area contributed by atoms with Gasteiger partial charge in [-0.15, -0.1) is 0 Å². The topological polar surface area (TPSA) is 133 Å². The molecule has 0 saturated heterocycles. The number of ether oxygens (including phenoxy) is 1. The lowest BCUT2D eigenvalue weighted by Crippen LogP contribution is -2.25. The minimum absolute atomic E-state index is 0.00425. The number of rotatable bonds is 7. The molecule has 10 nitrogen and oxygen atoms in total. The second-order valence-corrected chi connectivity index (χ2v) is 4.98. The van der Waals surface area contributed by atoms with E-state index in [9.17, 15) is 9.59 Å². The van der Waals surface area contributed by atoms with Crippen molar-refractivity contribution >= 4 is 12.1 Å². The number of imidazole rings is 1. The summed E-state index contributed by atoms with van der Waals surface area (Å²) in [6.07, 6.45) is 3.60. The molecule has 3 aromatic heterocycles. The summed E-state index contributed by atoms with van der Waals surface area (Å²) in [6, 6.07) is 4.91. The fraction of sp³-hybridized carbons (Fsp3) is 0.200. The molecule has 0 aliphatic heterocycles. The molecule has 3 aromatic rings. The van der Waals surface area contributed by atoms with Crippen LogP contribution in [0.15, 0.2) is 45.9 Å². The van der Waals surface area contributed by atoms with Gasteiger partial charge in [-0.1, -0.05) is 5.16 Å². The van der Waals surface area contributed by atoms with Crippen LogP contribution in [0.5, 0.6) is 5.88 Å². The van der Waals surface area contributed by atoms with Crippen LogP contribution in [0.1, 0.15) is 16.9 Å². The number of aromatic nitrogens is 3. The molecule has 10 heteroatoms. The van der Waals surface area contributed by atoms with Crippen LogP contribution in [-0.2, 0) is 6.54 Å². The van der Waals surface area contributed by atoms with Crippen LogP contribution in [-0.4, -0.2) is 38.4 Å². The first-order chi connectivity index (χ1) is 12.1. The summed E-state index contributed by atoms with van der Waals surface area (Å²) < 4.78 is 16.3. The molecule has 3 heterocycles. The van der Waals surface area contributed by atoms with E-state index in [-0.39, 0.29) is 17.5 Å². The first-order valence-corrected chi connectivity index (χ1v) is 7.33. The normalized spacial score (nSPS) is 10.6. The molecule has 130 valence electrons. The molecule has 0 aliphatic rings. The fourth-order valence-electron chi connectivity index (χ4n) is 2.08. The van der Waals surface area contributed by atoms with E-state index in [1.165, 1.54) is 24.9 Å². The van der Waals surface area contributed by atoms with Crippen molar-refractivity contribution in [1.29, 1.82) is 0 Å². The number of aryl methyl sites for hydroxylation is 1. The van der Waals surface area contributed by atoms with Gasteiger partial charge in [-0.25, -0.2) is 9.78 Å². The van der Waals surface area contributed by atoms with Crippen LogP contribution in [0.2, 0.25) is 0 Å². The number of nitrogens with one attached hydrogen (secondary N) is 1. The highest BCUT2D eigenvalue weighted by Crippen LogP contribution is 2.20. The van der Waals surface area contributed by atoms with E-state index in [4.69, 9.17) is 14.0 Å². The molecule has 3 rings (SSSR count). The third-order valence-corrected chi connectivity index (χ3v) is 3.19. The largest absolute Gasteiger partial charge is 0.512 e. The first kappa shape index (κ1) is 16.3. The van der Waals surface area contributed by atoms with Gasteiger partial charge in [0.15, 0.2) is 11.5 Å². The number of hydrogen-bond donors (Lipinski definition) is 2. The maximum absolute atomic E-state index is 12.0. The summed E-state index contributed by atoms with van der Waals surface area (Å²) in [5.74, 6) is 0.511. The molecule has 0 atom stereocenters. The van der Waals surface area contributed by atoms with E-state index in [0.29, 0.717) is 31.0 Å². The minimum atomic E-state index is -1.42. The average molecular weight is 346 g/mol. The molecular formula is C15H14N4O6. The number of furan rings is 1. The third kappa shape index (κ3) is 4.25. The molecule has 0 aromatic carbocycles. The number of carbonyl (C=O) groups is 2. The quantitative estimate of drug-likeness (QED) is 0.490. The van der Waals surface area contributed by atoms with E-state index in [0.717, 1.165) is 0 Å². The number of amides is 1. The Morgan fingerprint density at radius 1 is 1.36 bits per heavy atom. The van der Waals surface area contributed by atoms with Crippen molar-refractivity contribution in [1.82, 2.24) is 20.0 Å². The lowest BCUT2D eigenvalue weighted by atomic mass is 10.3. The number of hydrogen-bond acceptors (Lipinski definition) is 7. The van der Waals surface area contributed by atoms with Crippen LogP contribution >= 0.6 is 0 Å². The second kappa shape index (κ2) is 7.34. The molecule has 0 fully saturated rings. The van der Waals surface area contributed by atoms with Gasteiger partial charge in [-0.3, -0.25) is 4.79 Å². The van der Waals surface area contributed by atoms with Crippen LogP contribution in [0.25, 0.3) is 11.5 Å². The Morgan fingerprint density at radius 2 is 2.24 bits per heavy atom. The number of nitrogens with zero attached hydrogens (tertiary/aromatic N) is 3. The maximum atomic E-state index is 12.0. The van der Waals surface area contributed by atoms with Gasteiger partial charge in [0.2, 0.25) is 11.6 Å². The molecular weight excluding hydrogens is 332 g/mol. The van der Waals surface area contributed by atoms with Crippen molar-refractivity contribution in [2.75, 3.05) is 6.54 Å². The van der Waals surface area contributed by atoms with Gasteiger partial charge in [-0.2, -0.15) is 0 Å². The van der Waals surface area contributed by atoms with Crippen molar-refractivity contribution in [3.05, 3.63) is 42.7 Å². The molecule has 0 saturated carbocycles. The third-order valence-electron chi connectivity index (χ3n) is 3.19. The Bertz CT molecular complexity index is 851. The van der Waals surface area contributed by atoms with Crippen molar-refractivity contribution in [3.63, 3.8) is 0 Å². The highest BCUT2D eigenvalue weighted by atomic mass is 16.7. The predicted octanol–water partition coefficient (Wildman–Crippen LogP) is 2.01. The summed E-state index contributed by atoms with van der Waals surface area (Å²) in [5, 5.41) is 14.9. The highest BCUT2D eigenvalue weighted by molar-refractivity contribution is 5.92. The van der Waals surface area contributed by atoms with Crippen molar-refractivity contribution in [2.24, 2.45) is 0 Å². The Labute approximate surface area is 141 Å². The zero-order valence-electron chi connectivity index (χ0n) is 12.9. The zero-order valence-corrected chi connectivity index (χ0v) is 12.9. The molecule has 25 heavy (non-hydrogen) atoms. The Kier molecular flexibility index (Phi) is 4.79. The molecule has 0 aliphatic carbocycles. The smallest absolute Gasteiger partial charge is 0.461 e. The predicted molar refractivity (Wildman–Crippen MR) is 82.0 cm³/mol. The van der Waals surface area contributed by atoms with Crippen LogP contribution in [0.3, 0.4) is 0 Å². The molecule has 0 bridgehead atoms. The summed E-state index contributed by atoms with van der Waals surface area (Å²) in [7, 11) is 0. The Hall–Kier alpha value is -3.56. The fourth-order valence-corrected chi connectivity index (χ4v) is 2.08. The van der Waals surface area contributed by atoms with Gasteiger partial charge >= 0.3 is 6.16 Å². The van der Waals surface area contributed by atoms with E-state index in [1.54, 1.807) is 16.7 Å². The summed E-state index contributed by atoms with van der Waals surface area (Å²) in [4.78, 5) is 26.2. The molecule has 0 unspecified atom stereocenters. The Morgan fingerprint density at radius 3 is 3.00 bits per heavy atom. The Balaban J connectivity index is 1.43. The SMILES string of the molecule is O=C(O)Oc1cn(CCCNC(=O)c2cc(-c3ccco3)on2)cn1. The van der Waals surface area contributed by atoms with Gasteiger partial charge < -0.3 is 28.7 Å². The summed E-state index contributed by atoms with van der Waals surface area (Å²) in [6.45, 7) is 0.932. The average Bonchev–Trinajstić information content (AvgIpc) is 3.30. The van der Waals surface area contributed by atoms with Crippen molar-refractivity contribution in [2.45, 2.75) is 13.0 Å². The van der Waals surface area contributed by atoms with E-state index >= 15 is 0 Å². The van der Waals surface area contributed by atoms with Crippen LogP contribution in [0.4, 0.5) is 4.79 Å². The van der Waals surface area contributed by atoms with Gasteiger partial charge in [0, 0.05) is 19.2 Å². The van der Waals surface area contributed by atoms with E-state index in [2.05, 4.69) is 20.2 Å². The van der Waals surface area contributed by atoms with E-state index < -0.39 is 6.16 Å². The first-order valence-electron chi connectivity index (χ1n) is 7.33. The van der Waals surface area contributed by atoms with Gasteiger partial charge in [0.25, 0.3) is 5.91 Å². The minimum Gasteiger partial charge on any atom is -0.461 e. The summed E-state index contributed by atoms with van der Waals surface area (Å²) in [5.41, 5.74) is 0.158. The van der Waals surface area contributed by atoms with Crippen LogP contribution < -0.4 is 10.1 Å². The maximum Gasteiger partial charge on any atom is 0.512 e. The number of carboxylic acid groups (broad SMARTS) is 1. The zero-order chi connectivity index (χ0) is 17.6. The molecule has 0 radical (unpaired) electrons. The second-order valence-electron chi connectivity index (χ2n) is 4.98. The standard InChI is InChI=1S/C15H14N4O6/c20-14(10-7-12(25-18-10)11-3-1-6-23-11)16-4-2-5-19-8-13(17-9-19)24-15(21)22/h1,3,6-9H,2,4-5H2,(H,16,20)(H,21,22). The number of carbonyl (C=O) groups excluding carboxylic acids is 1. The van der Waals surface area contributed by atoms with Gasteiger partial charge in [0.05, 0.1) is 18.8 Å². The van der Waals surface area contributed by atoms with Gasteiger partial charge in [0.1, 0.15) is 0 Å². The van der Waals surface area contributed by atoms with Crippen molar-refractivity contribution in [3.8, 4) is 17.4 Å². The lowest BCUT2D eigenvalue weighted by Gasteiger charge is -2.03. The highest BCUT2D eigenvalue weighted by Gasteiger charge is 2.14. The molecule has 0 spiro atoms.